The molecular weight excluding hydrogens is 784 g/mol. The van der Waals surface area contributed by atoms with Gasteiger partial charge in [-0.05, 0) is 111 Å². The zero-order chi connectivity index (χ0) is 42.6. The van der Waals surface area contributed by atoms with E-state index >= 15 is 0 Å². The van der Waals surface area contributed by atoms with E-state index in [1.165, 1.54) is 19.8 Å². The van der Waals surface area contributed by atoms with Crippen molar-refractivity contribution >= 4 is 0 Å². The second-order valence-corrected chi connectivity index (χ2v) is 21.1. The number of aliphatic hydroxyl groups excluding tert-OH is 8. The van der Waals surface area contributed by atoms with Crippen molar-refractivity contribution in [2.24, 2.45) is 52.3 Å². The van der Waals surface area contributed by atoms with Gasteiger partial charge in [-0.15, -0.1) is 0 Å². The average Bonchev–Trinajstić information content (AvgIpc) is 3.68. The Bertz CT molecular complexity index is 1500. The van der Waals surface area contributed by atoms with E-state index in [4.69, 9.17) is 37.9 Å². The Labute approximate surface area is 353 Å². The summed E-state index contributed by atoms with van der Waals surface area (Å²) in [6.45, 7) is 11.0. The molecule has 0 amide bonds. The van der Waals surface area contributed by atoms with E-state index < -0.39 is 98.4 Å². The molecule has 1 spiro atoms. The molecule has 26 atom stereocenters. The molecule has 0 unspecified atom stereocenters. The first-order valence-corrected chi connectivity index (χ1v) is 23.1. The van der Waals surface area contributed by atoms with E-state index in [1.54, 1.807) is 0 Å². The molecule has 5 heterocycles. The van der Waals surface area contributed by atoms with Crippen molar-refractivity contribution in [1.29, 1.82) is 0 Å². The van der Waals surface area contributed by atoms with Gasteiger partial charge in [0.1, 0.15) is 61.0 Å². The van der Waals surface area contributed by atoms with Gasteiger partial charge >= 0.3 is 0 Å². The fraction of sp³-hybridized carbons (Fsp3) is 1.00. The molecule has 5 saturated heterocycles. The van der Waals surface area contributed by atoms with Gasteiger partial charge in [0, 0.05) is 12.3 Å². The van der Waals surface area contributed by atoms with Crippen LogP contribution >= 0.6 is 0 Å². The number of aliphatic hydroxyl groups is 8. The van der Waals surface area contributed by atoms with Crippen LogP contribution in [0.1, 0.15) is 98.8 Å². The molecule has 0 radical (unpaired) electrons. The summed E-state index contributed by atoms with van der Waals surface area (Å²) in [5.41, 5.74) is 0.356. The molecule has 0 aromatic carbocycles. The van der Waals surface area contributed by atoms with Crippen LogP contribution in [0.4, 0.5) is 0 Å². The Kier molecular flexibility index (Phi) is 12.4. The molecule has 9 fully saturated rings. The van der Waals surface area contributed by atoms with Gasteiger partial charge in [-0.3, -0.25) is 0 Å². The third kappa shape index (κ3) is 7.27. The molecule has 344 valence electrons. The monoisotopic (exact) mass is 856 g/mol. The van der Waals surface area contributed by atoms with E-state index in [2.05, 4.69) is 27.7 Å². The van der Waals surface area contributed by atoms with Crippen LogP contribution in [0, 0.1) is 52.3 Å². The normalized spacial score (nSPS) is 59.2. The van der Waals surface area contributed by atoms with E-state index in [0.29, 0.717) is 41.4 Å². The number of rotatable bonds is 7. The summed E-state index contributed by atoms with van der Waals surface area (Å²) < 4.78 is 49.9. The van der Waals surface area contributed by atoms with Crippen LogP contribution in [0.2, 0.25) is 0 Å². The molecule has 9 aliphatic rings. The van der Waals surface area contributed by atoms with Crippen LogP contribution < -0.4 is 0 Å². The van der Waals surface area contributed by atoms with Crippen molar-refractivity contribution in [2.45, 2.75) is 203 Å². The maximum atomic E-state index is 11.9. The number of hydrogen-bond acceptors (Lipinski definition) is 16. The minimum atomic E-state index is -1.70. The second kappa shape index (κ2) is 16.7. The predicted molar refractivity (Wildman–Crippen MR) is 208 cm³/mol. The maximum Gasteiger partial charge on any atom is 0.187 e. The van der Waals surface area contributed by atoms with Gasteiger partial charge in [0.05, 0.1) is 38.1 Å². The summed E-state index contributed by atoms with van der Waals surface area (Å²) in [5.74, 6) is 3.29. The lowest BCUT2D eigenvalue weighted by atomic mass is 9.44. The first-order chi connectivity index (χ1) is 28.5. The van der Waals surface area contributed by atoms with Crippen molar-refractivity contribution < 1.29 is 78.7 Å². The first kappa shape index (κ1) is 44.6. The summed E-state index contributed by atoms with van der Waals surface area (Å²) in [4.78, 5) is 0. The number of ether oxygens (including phenoxy) is 8. The van der Waals surface area contributed by atoms with Crippen molar-refractivity contribution in [3.63, 3.8) is 0 Å². The fourth-order valence-corrected chi connectivity index (χ4v) is 14.3. The van der Waals surface area contributed by atoms with Crippen LogP contribution in [0.15, 0.2) is 0 Å². The van der Waals surface area contributed by atoms with Crippen LogP contribution in [-0.4, -0.2) is 165 Å². The lowest BCUT2D eigenvalue weighted by Gasteiger charge is -2.61. The van der Waals surface area contributed by atoms with Crippen molar-refractivity contribution in [3.8, 4) is 0 Å². The SMILES string of the molecule is C[C@H]1CC[C@@]2(OC1)O[C@H]1C[C@H]3[C@@H]4CC[C@@H]5C[C@@H](O[C@@H]6O[C@H](CO)[C@@H](O[C@H]7O[C@H](C)[C@@H](O)[C@H](O)[C@H]7O)[C@H](O)[C@H]6O[C@@H]6OC[C@@H](O)[C@H](O)[C@H]6O)CC[C@]5(C)[C@H]4CC[C@]3(C)[C@@H]1[C@@H]2C. The molecule has 4 aliphatic carbocycles. The molecule has 8 N–H and O–H groups in total. The van der Waals surface area contributed by atoms with Gasteiger partial charge in [0.25, 0.3) is 0 Å². The van der Waals surface area contributed by atoms with Gasteiger partial charge < -0.3 is 78.7 Å². The average molecular weight is 857 g/mol. The second-order valence-electron chi connectivity index (χ2n) is 21.1. The van der Waals surface area contributed by atoms with Crippen LogP contribution in [0.5, 0.6) is 0 Å². The highest BCUT2D eigenvalue weighted by atomic mass is 16.8. The van der Waals surface area contributed by atoms with E-state index in [0.717, 1.165) is 58.0 Å². The molecule has 60 heavy (non-hydrogen) atoms. The van der Waals surface area contributed by atoms with Crippen molar-refractivity contribution in [2.75, 3.05) is 19.8 Å². The Morgan fingerprint density at radius 2 is 1.37 bits per heavy atom. The third-order valence-corrected chi connectivity index (χ3v) is 17.9. The van der Waals surface area contributed by atoms with Crippen LogP contribution in [0.3, 0.4) is 0 Å². The highest BCUT2D eigenvalue weighted by molar-refractivity contribution is 5.15. The molecule has 16 heteroatoms. The summed E-state index contributed by atoms with van der Waals surface area (Å²) in [6, 6.07) is 0. The van der Waals surface area contributed by atoms with Crippen LogP contribution in [0.25, 0.3) is 0 Å². The maximum absolute atomic E-state index is 11.9. The minimum Gasteiger partial charge on any atom is -0.394 e. The zero-order valence-corrected chi connectivity index (χ0v) is 35.8. The van der Waals surface area contributed by atoms with Crippen molar-refractivity contribution in [1.82, 2.24) is 0 Å². The molecule has 0 aromatic heterocycles. The molecule has 4 saturated carbocycles. The summed E-state index contributed by atoms with van der Waals surface area (Å²) >= 11 is 0. The first-order valence-electron chi connectivity index (χ1n) is 23.1. The summed E-state index contributed by atoms with van der Waals surface area (Å²) in [5, 5.41) is 85.2. The standard InChI is InChI=1S/C44H72O16/c1-19-8-13-44(54-17-19)20(2)30-28(60-44)15-26-24-7-6-22-14-23(9-11-42(22,4)25(24)10-12-43(26,30)5)56-41-38(59-39-34(50)32(48)27(46)18-53-39)36(52)37(29(16-45)57-41)58-40-35(51)33(49)31(47)21(3)55-40/h19-41,45-52H,6-18H2,1-5H3/t19-,20-,21+,22+,23-,24+,25-,26-,27+,28-,29+,30+,31+,32-,33-,34+,35+,36-,37+,38+,39-,40+,41+,42-,43-,44+/m0/s1. The minimum absolute atomic E-state index is 0.126. The smallest absolute Gasteiger partial charge is 0.187 e. The van der Waals surface area contributed by atoms with E-state index in [-0.39, 0.29) is 29.6 Å². The molecule has 9 rings (SSSR count). The highest BCUT2D eigenvalue weighted by Crippen LogP contribution is 2.71. The topological polar surface area (TPSA) is 236 Å². The predicted octanol–water partition coefficient (Wildman–Crippen LogP) is 0.933. The third-order valence-electron chi connectivity index (χ3n) is 17.9. The fourth-order valence-electron chi connectivity index (χ4n) is 14.3. The molecule has 0 aromatic rings. The Morgan fingerprint density at radius 3 is 2.10 bits per heavy atom. The van der Waals surface area contributed by atoms with E-state index in [9.17, 15) is 40.9 Å². The van der Waals surface area contributed by atoms with Gasteiger partial charge in [-0.2, -0.15) is 0 Å². The Hall–Kier alpha value is -0.640. The Morgan fingerprint density at radius 1 is 0.633 bits per heavy atom. The largest absolute Gasteiger partial charge is 0.394 e. The zero-order valence-electron chi connectivity index (χ0n) is 35.8. The molecule has 16 nitrogen and oxygen atoms in total. The lowest BCUT2D eigenvalue weighted by molar-refractivity contribution is -0.385. The van der Waals surface area contributed by atoms with Gasteiger partial charge in [-0.25, -0.2) is 0 Å². The summed E-state index contributed by atoms with van der Waals surface area (Å²) in [7, 11) is 0. The van der Waals surface area contributed by atoms with Gasteiger partial charge in [0.2, 0.25) is 0 Å². The van der Waals surface area contributed by atoms with Crippen molar-refractivity contribution in [3.05, 3.63) is 0 Å². The van der Waals surface area contributed by atoms with Gasteiger partial charge in [0.15, 0.2) is 24.7 Å². The van der Waals surface area contributed by atoms with E-state index in [1.807, 2.05) is 0 Å². The Balaban J connectivity index is 0.891. The molecule has 0 bridgehead atoms. The molecule has 5 aliphatic heterocycles. The lowest BCUT2D eigenvalue weighted by Crippen LogP contribution is -2.66. The van der Waals surface area contributed by atoms with Gasteiger partial charge in [-0.1, -0.05) is 27.7 Å². The number of fused-ring (bicyclic) bond motifs is 7. The summed E-state index contributed by atoms with van der Waals surface area (Å²) in [6.07, 6.45) is -9.85. The number of hydrogen-bond donors (Lipinski definition) is 8. The quantitative estimate of drug-likeness (QED) is 0.166. The highest BCUT2D eigenvalue weighted by Gasteiger charge is 2.69. The van der Waals surface area contributed by atoms with Crippen LogP contribution in [-0.2, 0) is 37.9 Å². The molecular formula is C44H72O16.